The molecule has 3 N–H and O–H groups in total. The minimum Gasteiger partial charge on any atom is -0.508 e. The van der Waals surface area contributed by atoms with Crippen LogP contribution in [0.2, 0.25) is 0 Å². The van der Waals surface area contributed by atoms with Crippen LogP contribution in [0.25, 0.3) is 10.9 Å². The molecule has 5 heteroatoms. The van der Waals surface area contributed by atoms with Crippen molar-refractivity contribution in [1.82, 2.24) is 4.73 Å². The first-order chi connectivity index (χ1) is 8.11. The molecule has 2 rings (SSSR count). The van der Waals surface area contributed by atoms with E-state index >= 15 is 0 Å². The summed E-state index contributed by atoms with van der Waals surface area (Å²) in [5.41, 5.74) is 7.20. The van der Waals surface area contributed by atoms with E-state index in [0.717, 1.165) is 16.5 Å². The first kappa shape index (κ1) is 11.5. The molecule has 0 saturated carbocycles. The Morgan fingerprint density at radius 3 is 2.94 bits per heavy atom. The molecular formula is C12H14N2O3. The normalized spacial score (nSPS) is 10.7. The second-order valence-corrected chi connectivity index (χ2v) is 3.80. The standard InChI is InChI=1S/C12H14N2O3/c1-8(15)17-14-7-9(4-5-13)11-6-10(16)2-3-12(11)14/h2-3,6-7,16H,4-5,13H2,1H3. The van der Waals surface area contributed by atoms with Crippen molar-refractivity contribution < 1.29 is 14.7 Å². The molecule has 0 aliphatic heterocycles. The maximum Gasteiger partial charge on any atom is 0.329 e. The Morgan fingerprint density at radius 1 is 1.53 bits per heavy atom. The van der Waals surface area contributed by atoms with Crippen LogP contribution in [-0.4, -0.2) is 22.4 Å². The van der Waals surface area contributed by atoms with Gasteiger partial charge in [-0.3, -0.25) is 0 Å². The third-order valence-electron chi connectivity index (χ3n) is 2.48. The number of benzene rings is 1. The summed E-state index contributed by atoms with van der Waals surface area (Å²) in [6.07, 6.45) is 2.38. The van der Waals surface area contributed by atoms with Gasteiger partial charge >= 0.3 is 5.97 Å². The molecular weight excluding hydrogens is 220 g/mol. The second kappa shape index (κ2) is 4.47. The number of carbonyl (C=O) groups excluding carboxylic acids is 1. The molecule has 1 aromatic heterocycles. The van der Waals surface area contributed by atoms with Gasteiger partial charge in [0, 0.05) is 18.5 Å². The van der Waals surface area contributed by atoms with Crippen molar-refractivity contribution in [2.45, 2.75) is 13.3 Å². The van der Waals surface area contributed by atoms with E-state index in [4.69, 9.17) is 10.6 Å². The fourth-order valence-electron chi connectivity index (χ4n) is 1.82. The molecule has 0 saturated heterocycles. The second-order valence-electron chi connectivity index (χ2n) is 3.80. The molecule has 0 atom stereocenters. The molecule has 0 amide bonds. The highest BCUT2D eigenvalue weighted by molar-refractivity contribution is 5.85. The van der Waals surface area contributed by atoms with Crippen molar-refractivity contribution in [2.75, 3.05) is 6.54 Å². The Labute approximate surface area is 98.4 Å². The first-order valence-electron chi connectivity index (χ1n) is 5.33. The summed E-state index contributed by atoms with van der Waals surface area (Å²) in [5.74, 6) is -0.217. The zero-order valence-electron chi connectivity index (χ0n) is 9.51. The van der Waals surface area contributed by atoms with Gasteiger partial charge in [-0.1, -0.05) is 0 Å². The smallest absolute Gasteiger partial charge is 0.329 e. The number of phenols is 1. The molecule has 5 nitrogen and oxygen atoms in total. The quantitative estimate of drug-likeness (QED) is 0.824. The number of hydrogen-bond acceptors (Lipinski definition) is 4. The summed E-state index contributed by atoms with van der Waals surface area (Å²) in [4.78, 5) is 16.0. The Hall–Kier alpha value is -2.01. The average Bonchev–Trinajstić information content (AvgIpc) is 2.56. The van der Waals surface area contributed by atoms with E-state index in [1.807, 2.05) is 0 Å². The van der Waals surface area contributed by atoms with Crippen LogP contribution in [0.4, 0.5) is 0 Å². The molecule has 1 aromatic carbocycles. The van der Waals surface area contributed by atoms with Gasteiger partial charge in [0.2, 0.25) is 0 Å². The first-order valence-corrected chi connectivity index (χ1v) is 5.33. The number of rotatable bonds is 3. The van der Waals surface area contributed by atoms with Crippen LogP contribution in [0, 0.1) is 0 Å². The fourth-order valence-corrected chi connectivity index (χ4v) is 1.82. The Balaban J connectivity index is 2.57. The van der Waals surface area contributed by atoms with Crippen LogP contribution in [-0.2, 0) is 11.2 Å². The van der Waals surface area contributed by atoms with E-state index in [-0.39, 0.29) is 5.75 Å². The monoisotopic (exact) mass is 234 g/mol. The lowest BCUT2D eigenvalue weighted by Crippen LogP contribution is -2.15. The predicted molar refractivity (Wildman–Crippen MR) is 63.6 cm³/mol. The highest BCUT2D eigenvalue weighted by Crippen LogP contribution is 2.25. The van der Waals surface area contributed by atoms with Gasteiger partial charge in [0.1, 0.15) is 5.75 Å². The van der Waals surface area contributed by atoms with Crippen LogP contribution in [0.15, 0.2) is 24.4 Å². The molecule has 17 heavy (non-hydrogen) atoms. The van der Waals surface area contributed by atoms with Crippen molar-refractivity contribution in [1.29, 1.82) is 0 Å². The van der Waals surface area contributed by atoms with Crippen molar-refractivity contribution in [3.63, 3.8) is 0 Å². The Bertz CT molecular complexity index is 560. The number of hydrogen-bond donors (Lipinski definition) is 2. The van der Waals surface area contributed by atoms with E-state index in [1.165, 1.54) is 11.7 Å². The molecule has 2 aromatic rings. The lowest BCUT2D eigenvalue weighted by atomic mass is 10.1. The van der Waals surface area contributed by atoms with Gasteiger partial charge in [-0.25, -0.2) is 4.79 Å². The predicted octanol–water partition coefficient (Wildman–Crippen LogP) is 0.823. The highest BCUT2D eigenvalue weighted by atomic mass is 16.7. The number of nitrogens with two attached hydrogens (primary N) is 1. The third kappa shape index (κ3) is 2.24. The van der Waals surface area contributed by atoms with E-state index in [1.54, 1.807) is 24.4 Å². The molecule has 0 radical (unpaired) electrons. The van der Waals surface area contributed by atoms with E-state index in [0.29, 0.717) is 13.0 Å². The van der Waals surface area contributed by atoms with Crippen LogP contribution in [0.3, 0.4) is 0 Å². The summed E-state index contributed by atoms with van der Waals surface area (Å²) in [7, 11) is 0. The van der Waals surface area contributed by atoms with Gasteiger partial charge < -0.3 is 15.7 Å². The minimum absolute atomic E-state index is 0.177. The fraction of sp³-hybridized carbons (Fsp3) is 0.250. The number of fused-ring (bicyclic) bond motifs is 1. The average molecular weight is 234 g/mol. The van der Waals surface area contributed by atoms with Crippen LogP contribution < -0.4 is 10.6 Å². The SMILES string of the molecule is CC(=O)On1cc(CCN)c2cc(O)ccc21. The Morgan fingerprint density at radius 2 is 2.29 bits per heavy atom. The summed E-state index contributed by atoms with van der Waals surface area (Å²) in [5, 5.41) is 10.3. The van der Waals surface area contributed by atoms with E-state index < -0.39 is 5.97 Å². The third-order valence-corrected chi connectivity index (χ3v) is 2.48. The zero-order chi connectivity index (χ0) is 12.4. The molecule has 0 fully saturated rings. The van der Waals surface area contributed by atoms with E-state index in [2.05, 4.69) is 0 Å². The van der Waals surface area contributed by atoms with Gasteiger partial charge in [-0.15, -0.1) is 0 Å². The van der Waals surface area contributed by atoms with Crippen LogP contribution in [0.1, 0.15) is 12.5 Å². The van der Waals surface area contributed by atoms with Crippen molar-refractivity contribution in [2.24, 2.45) is 5.73 Å². The van der Waals surface area contributed by atoms with Gasteiger partial charge in [0.15, 0.2) is 0 Å². The van der Waals surface area contributed by atoms with Gasteiger partial charge in [-0.2, -0.15) is 4.73 Å². The number of carbonyl (C=O) groups is 1. The largest absolute Gasteiger partial charge is 0.508 e. The number of phenolic OH excluding ortho intramolecular Hbond substituents is 1. The lowest BCUT2D eigenvalue weighted by Gasteiger charge is -2.02. The molecule has 0 aliphatic rings. The van der Waals surface area contributed by atoms with Gasteiger partial charge in [-0.05, 0) is 36.7 Å². The molecule has 90 valence electrons. The van der Waals surface area contributed by atoms with Gasteiger partial charge in [0.25, 0.3) is 0 Å². The molecule has 0 spiro atoms. The van der Waals surface area contributed by atoms with Crippen molar-refractivity contribution >= 4 is 16.9 Å². The lowest BCUT2D eigenvalue weighted by molar-refractivity contribution is -0.140. The zero-order valence-corrected chi connectivity index (χ0v) is 9.51. The summed E-state index contributed by atoms with van der Waals surface area (Å²) in [6.45, 7) is 1.84. The number of aromatic nitrogens is 1. The van der Waals surface area contributed by atoms with Crippen molar-refractivity contribution in [3.05, 3.63) is 30.0 Å². The summed E-state index contributed by atoms with van der Waals surface area (Å²) < 4.78 is 1.40. The topological polar surface area (TPSA) is 77.5 Å². The van der Waals surface area contributed by atoms with Gasteiger partial charge in [0.05, 0.1) is 5.52 Å². The van der Waals surface area contributed by atoms with Crippen LogP contribution >= 0.6 is 0 Å². The molecule has 0 bridgehead atoms. The molecule has 0 unspecified atom stereocenters. The number of nitrogens with zero attached hydrogens (tertiary/aromatic N) is 1. The minimum atomic E-state index is -0.394. The molecule has 1 heterocycles. The highest BCUT2D eigenvalue weighted by Gasteiger charge is 2.10. The van der Waals surface area contributed by atoms with E-state index in [9.17, 15) is 9.90 Å². The van der Waals surface area contributed by atoms with Crippen molar-refractivity contribution in [3.8, 4) is 5.75 Å². The summed E-state index contributed by atoms with van der Waals surface area (Å²) in [6, 6.07) is 4.89. The maximum atomic E-state index is 11.0. The maximum absolute atomic E-state index is 11.0. The number of aromatic hydroxyl groups is 1. The Kier molecular flexibility index (Phi) is 3.01. The van der Waals surface area contributed by atoms with Crippen LogP contribution in [0.5, 0.6) is 5.75 Å². The molecule has 0 aliphatic carbocycles. The summed E-state index contributed by atoms with van der Waals surface area (Å²) >= 11 is 0.